The fourth-order valence-corrected chi connectivity index (χ4v) is 7.75. The van der Waals surface area contributed by atoms with Crippen molar-refractivity contribution in [1.82, 2.24) is 10.6 Å². The number of nitrogens with one attached hydrogen (secondary N) is 2. The summed E-state index contributed by atoms with van der Waals surface area (Å²) in [6, 6.07) is 41.6. The molecule has 4 aromatic rings. The molecule has 0 saturated heterocycles. The molecule has 3 saturated carbocycles. The summed E-state index contributed by atoms with van der Waals surface area (Å²) in [6.07, 6.45) is 5.50. The van der Waals surface area contributed by atoms with Crippen LogP contribution in [0.25, 0.3) is 0 Å². The molecule has 42 heavy (non-hydrogen) atoms. The first-order valence-corrected chi connectivity index (χ1v) is 15.5. The summed E-state index contributed by atoms with van der Waals surface area (Å²) >= 11 is 0. The fraction of sp³-hybridized carbons (Fsp3) is 0.316. The van der Waals surface area contributed by atoms with Crippen molar-refractivity contribution < 1.29 is 9.59 Å². The lowest BCUT2D eigenvalue weighted by Crippen LogP contribution is -2.54. The van der Waals surface area contributed by atoms with Crippen molar-refractivity contribution >= 4 is 11.8 Å². The minimum atomic E-state index is -0.293. The Hall–Kier alpha value is -4.18. The van der Waals surface area contributed by atoms with Gasteiger partial charge in [-0.3, -0.25) is 9.59 Å². The van der Waals surface area contributed by atoms with Crippen molar-refractivity contribution in [2.45, 2.75) is 61.4 Å². The summed E-state index contributed by atoms with van der Waals surface area (Å²) < 4.78 is 0. The largest absolute Gasteiger partial charge is 0.351 e. The summed E-state index contributed by atoms with van der Waals surface area (Å²) in [5, 5.41) is 6.84. The molecule has 0 unspecified atom stereocenters. The van der Waals surface area contributed by atoms with Gasteiger partial charge in [-0.2, -0.15) is 0 Å². The predicted octanol–water partition coefficient (Wildman–Crippen LogP) is 6.54. The standard InChI is InChI=1S/C38H38N2O2/c41-35(31-25-37(31,27-15-5-1-6-16-27)28-17-7-2-8-18-28)39-33-23-13-14-24-34(33)40-36(42)32-26-38(32,29-19-9-3-10-20-29)30-21-11-4-12-22-30/h1-12,15-22,31-34H,13-14,23-26H2,(H,39,41)(H,40,42)/t31-,32+,33+,34-. The van der Waals surface area contributed by atoms with Gasteiger partial charge in [0.1, 0.15) is 0 Å². The molecule has 4 atom stereocenters. The van der Waals surface area contributed by atoms with Crippen molar-refractivity contribution in [3.8, 4) is 0 Å². The van der Waals surface area contributed by atoms with Gasteiger partial charge in [-0.05, 0) is 47.9 Å². The summed E-state index contributed by atoms with van der Waals surface area (Å²) in [5.41, 5.74) is 4.18. The van der Waals surface area contributed by atoms with Gasteiger partial charge in [-0.1, -0.05) is 134 Å². The summed E-state index contributed by atoms with van der Waals surface area (Å²) in [7, 11) is 0. The molecular formula is C38H38N2O2. The van der Waals surface area contributed by atoms with E-state index in [9.17, 15) is 9.59 Å². The van der Waals surface area contributed by atoms with Crippen LogP contribution in [0, 0.1) is 11.8 Å². The van der Waals surface area contributed by atoms with E-state index in [0.29, 0.717) is 0 Å². The van der Waals surface area contributed by atoms with Crippen molar-refractivity contribution in [3.05, 3.63) is 144 Å². The Bertz CT molecular complexity index is 1340. The van der Waals surface area contributed by atoms with E-state index in [0.717, 1.165) is 38.5 Å². The van der Waals surface area contributed by atoms with E-state index in [-0.39, 0.29) is 46.6 Å². The second kappa shape index (κ2) is 10.9. The van der Waals surface area contributed by atoms with Gasteiger partial charge in [0.05, 0.1) is 11.8 Å². The first-order chi connectivity index (χ1) is 20.6. The number of hydrogen-bond donors (Lipinski definition) is 2. The molecule has 3 aliphatic carbocycles. The van der Waals surface area contributed by atoms with Crippen LogP contribution in [0.5, 0.6) is 0 Å². The summed E-state index contributed by atoms with van der Waals surface area (Å²) in [6.45, 7) is 0. The molecule has 0 aliphatic heterocycles. The average Bonchev–Trinajstić information content (AvgIpc) is 3.98. The molecular weight excluding hydrogens is 516 g/mol. The lowest BCUT2D eigenvalue weighted by molar-refractivity contribution is -0.126. The van der Waals surface area contributed by atoms with Crippen LogP contribution in [0.4, 0.5) is 0 Å². The predicted molar refractivity (Wildman–Crippen MR) is 166 cm³/mol. The van der Waals surface area contributed by atoms with Crippen molar-refractivity contribution in [3.63, 3.8) is 0 Å². The van der Waals surface area contributed by atoms with Gasteiger partial charge in [0.15, 0.2) is 0 Å². The molecule has 0 radical (unpaired) electrons. The Morgan fingerprint density at radius 3 is 1.05 bits per heavy atom. The third-order valence-corrected chi connectivity index (χ3v) is 10.1. The molecule has 0 aromatic heterocycles. The van der Waals surface area contributed by atoms with Gasteiger partial charge < -0.3 is 10.6 Å². The van der Waals surface area contributed by atoms with Crippen LogP contribution in [0.1, 0.15) is 60.8 Å². The highest BCUT2D eigenvalue weighted by Crippen LogP contribution is 2.60. The quantitative estimate of drug-likeness (QED) is 0.260. The minimum Gasteiger partial charge on any atom is -0.351 e. The van der Waals surface area contributed by atoms with Crippen molar-refractivity contribution in [2.24, 2.45) is 11.8 Å². The third kappa shape index (κ3) is 4.63. The zero-order valence-corrected chi connectivity index (χ0v) is 23.9. The SMILES string of the molecule is O=C(N[C@H]1CCCC[C@H]1NC(=O)[C@@H]1CC1(c1ccccc1)c1ccccc1)[C@H]1CC1(c1ccccc1)c1ccccc1. The molecule has 3 fully saturated rings. The van der Waals surface area contributed by atoms with E-state index in [1.165, 1.54) is 22.3 Å². The van der Waals surface area contributed by atoms with Gasteiger partial charge >= 0.3 is 0 Å². The van der Waals surface area contributed by atoms with Gasteiger partial charge in [0.2, 0.25) is 11.8 Å². The molecule has 2 amide bonds. The lowest BCUT2D eigenvalue weighted by atomic mass is 9.84. The molecule has 7 rings (SSSR count). The first kappa shape index (κ1) is 26.7. The molecule has 0 spiro atoms. The highest BCUT2D eigenvalue weighted by atomic mass is 16.2. The second-order valence-electron chi connectivity index (χ2n) is 12.4. The van der Waals surface area contributed by atoms with Crippen LogP contribution in [0.2, 0.25) is 0 Å². The van der Waals surface area contributed by atoms with E-state index in [1.54, 1.807) is 0 Å². The number of benzene rings is 4. The summed E-state index contributed by atoms with van der Waals surface area (Å²) in [5.74, 6) is -0.0352. The second-order valence-corrected chi connectivity index (χ2v) is 12.4. The maximum Gasteiger partial charge on any atom is 0.224 e. The Balaban J connectivity index is 1.08. The first-order valence-electron chi connectivity index (χ1n) is 15.5. The van der Waals surface area contributed by atoms with Crippen LogP contribution in [0.15, 0.2) is 121 Å². The van der Waals surface area contributed by atoms with Crippen molar-refractivity contribution in [1.29, 1.82) is 0 Å². The van der Waals surface area contributed by atoms with E-state index in [2.05, 4.69) is 108 Å². The molecule has 3 aliphatic rings. The average molecular weight is 555 g/mol. The topological polar surface area (TPSA) is 58.2 Å². The molecule has 0 bridgehead atoms. The summed E-state index contributed by atoms with van der Waals surface area (Å²) in [4.78, 5) is 27.7. The monoisotopic (exact) mass is 554 g/mol. The molecule has 4 heteroatoms. The number of rotatable bonds is 8. The zero-order chi connectivity index (χ0) is 28.6. The molecule has 212 valence electrons. The fourth-order valence-electron chi connectivity index (χ4n) is 7.75. The van der Waals surface area contributed by atoms with Crippen LogP contribution in [-0.2, 0) is 20.4 Å². The molecule has 4 aromatic carbocycles. The van der Waals surface area contributed by atoms with E-state index in [4.69, 9.17) is 0 Å². The van der Waals surface area contributed by atoms with E-state index < -0.39 is 0 Å². The molecule has 2 N–H and O–H groups in total. The molecule has 4 nitrogen and oxygen atoms in total. The minimum absolute atomic E-state index is 0.0540. The smallest absolute Gasteiger partial charge is 0.224 e. The Labute approximate surface area is 248 Å². The normalized spacial score (nSPS) is 25.1. The lowest BCUT2D eigenvalue weighted by Gasteiger charge is -2.33. The van der Waals surface area contributed by atoms with Crippen LogP contribution in [0.3, 0.4) is 0 Å². The van der Waals surface area contributed by atoms with Crippen LogP contribution < -0.4 is 10.6 Å². The highest BCUT2D eigenvalue weighted by Gasteiger charge is 2.61. The third-order valence-electron chi connectivity index (χ3n) is 10.1. The Morgan fingerprint density at radius 1 is 0.476 bits per heavy atom. The van der Waals surface area contributed by atoms with Crippen LogP contribution >= 0.6 is 0 Å². The van der Waals surface area contributed by atoms with E-state index in [1.807, 2.05) is 24.3 Å². The Morgan fingerprint density at radius 2 is 0.762 bits per heavy atom. The highest BCUT2D eigenvalue weighted by molar-refractivity contribution is 5.88. The maximum absolute atomic E-state index is 13.9. The number of hydrogen-bond acceptors (Lipinski definition) is 2. The number of carbonyl (C=O) groups is 2. The van der Waals surface area contributed by atoms with Gasteiger partial charge in [0, 0.05) is 22.9 Å². The number of carbonyl (C=O) groups excluding carboxylic acids is 2. The van der Waals surface area contributed by atoms with Crippen LogP contribution in [-0.4, -0.2) is 23.9 Å². The van der Waals surface area contributed by atoms with E-state index >= 15 is 0 Å². The van der Waals surface area contributed by atoms with Gasteiger partial charge in [0.25, 0.3) is 0 Å². The van der Waals surface area contributed by atoms with Crippen molar-refractivity contribution in [2.75, 3.05) is 0 Å². The number of amides is 2. The van der Waals surface area contributed by atoms with Gasteiger partial charge in [-0.25, -0.2) is 0 Å². The van der Waals surface area contributed by atoms with Gasteiger partial charge in [-0.15, -0.1) is 0 Å². The Kier molecular flexibility index (Phi) is 6.93. The zero-order valence-electron chi connectivity index (χ0n) is 23.9. The molecule has 0 heterocycles. The maximum atomic E-state index is 13.9.